The average Bonchev–Trinajstić information content (AvgIpc) is 1.35. The Morgan fingerprint density at radius 3 is 2.17 bits per heavy atom. The molecule has 0 heterocycles. The first-order valence-corrected chi connectivity index (χ1v) is 1.78. The summed E-state index contributed by atoms with van der Waals surface area (Å²) in [6, 6.07) is 0. The molecule has 0 rings (SSSR count). The van der Waals surface area contributed by atoms with E-state index in [9.17, 15) is 4.65 Å². The SMILES string of the molecule is CC(C)=CC#[O+]. The molecule has 32 valence electrons. The fourth-order valence-corrected chi connectivity index (χ4v) is 0.118. The second-order valence-corrected chi connectivity index (χ2v) is 1.34. The third kappa shape index (κ3) is 3.48. The Morgan fingerprint density at radius 2 is 2.17 bits per heavy atom. The summed E-state index contributed by atoms with van der Waals surface area (Å²) < 4.78 is 9.41. The van der Waals surface area contributed by atoms with Gasteiger partial charge in [-0.3, -0.25) is 0 Å². The molecule has 0 aliphatic heterocycles. The van der Waals surface area contributed by atoms with Crippen LogP contribution in [-0.4, -0.2) is 0 Å². The fraction of sp³-hybridized carbons (Fsp3) is 0.400. The molecule has 0 radical (unpaired) electrons. The van der Waals surface area contributed by atoms with Gasteiger partial charge in [-0.25, -0.2) is 0 Å². The van der Waals surface area contributed by atoms with E-state index in [0.717, 1.165) is 5.57 Å². The number of hydrogen-bond acceptors (Lipinski definition) is 0. The quantitative estimate of drug-likeness (QED) is 0.394. The Labute approximate surface area is 37.4 Å². The van der Waals surface area contributed by atoms with E-state index in [-0.39, 0.29) is 0 Å². The molecule has 0 spiro atoms. The topological polar surface area (TPSA) is 19.9 Å². The molecular formula is C5H7O+. The van der Waals surface area contributed by atoms with Crippen molar-refractivity contribution in [2.24, 2.45) is 0 Å². The predicted octanol–water partition coefficient (Wildman–Crippen LogP) is 1.34. The third-order valence-electron chi connectivity index (χ3n) is 0.348. The Bertz CT molecular complexity index is 91.0. The van der Waals surface area contributed by atoms with E-state index in [2.05, 4.69) is 0 Å². The van der Waals surface area contributed by atoms with Gasteiger partial charge in [0.1, 0.15) is 0 Å². The molecule has 0 amide bonds. The van der Waals surface area contributed by atoms with Crippen LogP contribution in [0.5, 0.6) is 0 Å². The normalized spacial score (nSPS) is 6.17. The summed E-state index contributed by atoms with van der Waals surface area (Å²) in [7, 11) is 0. The second-order valence-electron chi connectivity index (χ2n) is 1.34. The van der Waals surface area contributed by atoms with Crippen LogP contribution in [0.1, 0.15) is 13.8 Å². The van der Waals surface area contributed by atoms with Gasteiger partial charge in [-0.15, -0.1) is 0 Å². The van der Waals surface area contributed by atoms with Gasteiger partial charge in [0.25, 0.3) is 0 Å². The van der Waals surface area contributed by atoms with Crippen molar-refractivity contribution in [3.05, 3.63) is 11.6 Å². The molecule has 6 heavy (non-hydrogen) atoms. The molecular weight excluding hydrogens is 76.1 g/mol. The van der Waals surface area contributed by atoms with Crippen LogP contribution in [0, 0.1) is 6.15 Å². The van der Waals surface area contributed by atoms with Crippen LogP contribution in [0.3, 0.4) is 0 Å². The van der Waals surface area contributed by atoms with Gasteiger partial charge in [0.15, 0.2) is 0 Å². The van der Waals surface area contributed by atoms with Crippen LogP contribution in [0.4, 0.5) is 0 Å². The van der Waals surface area contributed by atoms with Gasteiger partial charge in [-0.2, -0.15) is 0 Å². The zero-order chi connectivity index (χ0) is 4.99. The summed E-state index contributed by atoms with van der Waals surface area (Å²) in [5.74, 6) is 0. The Balaban J connectivity index is 3.51. The number of allylic oxidation sites excluding steroid dienone is 2. The van der Waals surface area contributed by atoms with Gasteiger partial charge in [0, 0.05) is 0 Å². The van der Waals surface area contributed by atoms with E-state index in [1.165, 1.54) is 6.08 Å². The molecule has 0 aliphatic rings. The van der Waals surface area contributed by atoms with Crippen molar-refractivity contribution in [2.45, 2.75) is 13.8 Å². The minimum atomic E-state index is 0.991. The van der Waals surface area contributed by atoms with Gasteiger partial charge in [-0.05, 0) is 0 Å². The molecule has 0 aromatic rings. The molecule has 0 N–H and O–H groups in total. The summed E-state index contributed by atoms with van der Waals surface area (Å²) in [6.07, 6.45) is 3.06. The van der Waals surface area contributed by atoms with E-state index in [1.807, 2.05) is 13.8 Å². The molecule has 0 unspecified atom stereocenters. The van der Waals surface area contributed by atoms with Crippen molar-refractivity contribution >= 4 is 0 Å². The number of rotatable bonds is 0. The third-order valence-corrected chi connectivity index (χ3v) is 0.348. The zero-order valence-corrected chi connectivity index (χ0v) is 3.99. The Hall–Kier alpha value is -0.520. The Kier molecular flexibility index (Phi) is 2.47. The first-order chi connectivity index (χ1) is 2.77. The van der Waals surface area contributed by atoms with Crippen LogP contribution in [0.15, 0.2) is 11.6 Å². The summed E-state index contributed by atoms with van der Waals surface area (Å²) in [5.41, 5.74) is 0.991. The van der Waals surface area contributed by atoms with Gasteiger partial charge >= 0.3 is 36.3 Å². The standard InChI is InChI=1S/C5H7O/c1-5(2)3-4-6/h3H,1-2H3/q+1. The maximum atomic E-state index is 9.41. The van der Waals surface area contributed by atoms with Crippen LogP contribution in [0.2, 0.25) is 0 Å². The zero-order valence-electron chi connectivity index (χ0n) is 3.99. The van der Waals surface area contributed by atoms with E-state index < -0.39 is 0 Å². The van der Waals surface area contributed by atoms with Crippen molar-refractivity contribution < 1.29 is 4.65 Å². The van der Waals surface area contributed by atoms with E-state index in [1.54, 1.807) is 6.15 Å². The summed E-state index contributed by atoms with van der Waals surface area (Å²) >= 11 is 0. The van der Waals surface area contributed by atoms with Crippen LogP contribution >= 0.6 is 0 Å². The molecule has 0 bridgehead atoms. The monoisotopic (exact) mass is 83.0 g/mol. The minimum absolute atomic E-state index is 0.991. The first kappa shape index (κ1) is 5.48. The molecule has 0 aliphatic carbocycles. The van der Waals surface area contributed by atoms with Crippen LogP contribution in [-0.2, 0) is 4.65 Å². The Morgan fingerprint density at radius 1 is 1.67 bits per heavy atom. The van der Waals surface area contributed by atoms with E-state index >= 15 is 0 Å². The van der Waals surface area contributed by atoms with Crippen molar-refractivity contribution in [1.29, 1.82) is 0 Å². The van der Waals surface area contributed by atoms with Crippen LogP contribution in [0.25, 0.3) is 0 Å². The summed E-state index contributed by atoms with van der Waals surface area (Å²) in [4.78, 5) is 0. The molecule has 0 atom stereocenters. The molecule has 1 heteroatoms. The van der Waals surface area contributed by atoms with E-state index in [4.69, 9.17) is 0 Å². The second kappa shape index (κ2) is 2.70. The first-order valence-electron chi connectivity index (χ1n) is 1.78. The molecule has 0 aromatic carbocycles. The average molecular weight is 83.1 g/mol. The van der Waals surface area contributed by atoms with Gasteiger partial charge in [0.2, 0.25) is 0 Å². The van der Waals surface area contributed by atoms with Crippen molar-refractivity contribution in [1.82, 2.24) is 0 Å². The van der Waals surface area contributed by atoms with Crippen molar-refractivity contribution in [3.63, 3.8) is 0 Å². The molecule has 0 saturated heterocycles. The summed E-state index contributed by atoms with van der Waals surface area (Å²) in [5, 5.41) is 0. The fourth-order valence-electron chi connectivity index (χ4n) is 0.118. The van der Waals surface area contributed by atoms with E-state index in [0.29, 0.717) is 0 Å². The molecule has 1 nitrogen and oxygen atoms in total. The van der Waals surface area contributed by atoms with Gasteiger partial charge in [-0.1, -0.05) is 0 Å². The van der Waals surface area contributed by atoms with Gasteiger partial charge in [0.05, 0.1) is 0 Å². The molecule has 0 saturated carbocycles. The van der Waals surface area contributed by atoms with Crippen molar-refractivity contribution in [2.75, 3.05) is 0 Å². The molecule has 0 aromatic heterocycles. The van der Waals surface area contributed by atoms with Crippen LogP contribution < -0.4 is 0 Å². The maximum absolute atomic E-state index is 9.41. The predicted molar refractivity (Wildman–Crippen MR) is 24.0 cm³/mol. The number of hydrogen-bond donors (Lipinski definition) is 0. The summed E-state index contributed by atoms with van der Waals surface area (Å²) in [6.45, 7) is 3.70. The molecule has 0 fully saturated rings. The van der Waals surface area contributed by atoms with Crippen molar-refractivity contribution in [3.8, 4) is 6.15 Å². The van der Waals surface area contributed by atoms with Gasteiger partial charge < -0.3 is 0 Å².